The molecule has 6 heteroatoms. The summed E-state index contributed by atoms with van der Waals surface area (Å²) in [6.07, 6.45) is 1.66. The molecule has 0 saturated heterocycles. The van der Waals surface area contributed by atoms with Crippen molar-refractivity contribution in [1.82, 2.24) is 9.78 Å². The van der Waals surface area contributed by atoms with E-state index in [1.54, 1.807) is 30.1 Å². The maximum Gasteiger partial charge on any atom is 0.165 e. The molecule has 1 atom stereocenters. The predicted molar refractivity (Wildman–Crippen MR) is 69.4 cm³/mol. The summed E-state index contributed by atoms with van der Waals surface area (Å²) in [4.78, 5) is 0. The van der Waals surface area contributed by atoms with Crippen LogP contribution in [0.5, 0.6) is 5.75 Å². The molecule has 0 radical (unpaired) electrons. The highest BCUT2D eigenvalue weighted by Crippen LogP contribution is 2.24. The van der Waals surface area contributed by atoms with Crippen LogP contribution in [0, 0.1) is 5.82 Å². The number of hydrogen-bond donors (Lipinski definition) is 1. The van der Waals surface area contributed by atoms with Gasteiger partial charge in [0.1, 0.15) is 0 Å². The lowest BCUT2D eigenvalue weighted by Crippen LogP contribution is -2.16. The van der Waals surface area contributed by atoms with Gasteiger partial charge in [-0.2, -0.15) is 5.10 Å². The van der Waals surface area contributed by atoms with Gasteiger partial charge in [-0.25, -0.2) is 4.39 Å². The summed E-state index contributed by atoms with van der Waals surface area (Å²) in [6.45, 7) is 0. The first-order chi connectivity index (χ1) is 8.13. The van der Waals surface area contributed by atoms with Gasteiger partial charge in [0.15, 0.2) is 11.6 Å². The van der Waals surface area contributed by atoms with Crippen molar-refractivity contribution in [3.63, 3.8) is 0 Å². The topological polar surface area (TPSA) is 53.1 Å². The molecule has 0 fully saturated rings. The zero-order valence-electron chi connectivity index (χ0n) is 10.1. The third-order valence-corrected chi connectivity index (χ3v) is 2.71. The molecule has 1 aromatic carbocycles. The molecule has 0 saturated carbocycles. The van der Waals surface area contributed by atoms with Gasteiger partial charge in [-0.1, -0.05) is 6.07 Å². The molecule has 18 heavy (non-hydrogen) atoms. The van der Waals surface area contributed by atoms with E-state index in [1.165, 1.54) is 13.2 Å². The molecule has 98 valence electrons. The SMILES string of the molecule is COc1ccc([C@H](N)c2ccnn2C)cc1F.Cl. The summed E-state index contributed by atoms with van der Waals surface area (Å²) in [7, 11) is 3.23. The Kier molecular flexibility index (Phi) is 4.69. The van der Waals surface area contributed by atoms with E-state index < -0.39 is 11.9 Å². The van der Waals surface area contributed by atoms with Crippen LogP contribution in [0.2, 0.25) is 0 Å². The zero-order valence-corrected chi connectivity index (χ0v) is 10.9. The summed E-state index contributed by atoms with van der Waals surface area (Å²) in [6, 6.07) is 6.12. The summed E-state index contributed by atoms with van der Waals surface area (Å²) in [5, 5.41) is 4.04. The smallest absolute Gasteiger partial charge is 0.165 e. The first kappa shape index (κ1) is 14.5. The van der Waals surface area contributed by atoms with Gasteiger partial charge in [-0.15, -0.1) is 12.4 Å². The Hall–Kier alpha value is -1.59. The van der Waals surface area contributed by atoms with E-state index in [2.05, 4.69) is 5.10 Å². The molecule has 1 heterocycles. The molecular weight excluding hydrogens is 257 g/mol. The normalized spacial score (nSPS) is 11.8. The van der Waals surface area contributed by atoms with Gasteiger partial charge in [0.05, 0.1) is 18.8 Å². The van der Waals surface area contributed by atoms with Gasteiger partial charge in [0.25, 0.3) is 0 Å². The van der Waals surface area contributed by atoms with Crippen molar-refractivity contribution < 1.29 is 9.13 Å². The number of halogens is 2. The Morgan fingerprint density at radius 3 is 2.61 bits per heavy atom. The second-order valence-corrected chi connectivity index (χ2v) is 3.75. The minimum atomic E-state index is -0.414. The van der Waals surface area contributed by atoms with Crippen LogP contribution in [-0.4, -0.2) is 16.9 Å². The first-order valence-corrected chi connectivity index (χ1v) is 5.20. The average Bonchev–Trinajstić information content (AvgIpc) is 2.74. The number of aryl methyl sites for hydroxylation is 1. The van der Waals surface area contributed by atoms with Gasteiger partial charge >= 0.3 is 0 Å². The highest BCUT2D eigenvalue weighted by Gasteiger charge is 2.14. The van der Waals surface area contributed by atoms with Gasteiger partial charge < -0.3 is 10.5 Å². The molecular formula is C12H15ClFN3O. The number of nitrogens with zero attached hydrogens (tertiary/aromatic N) is 2. The lowest BCUT2D eigenvalue weighted by Gasteiger charge is -2.13. The van der Waals surface area contributed by atoms with Gasteiger partial charge in [0.2, 0.25) is 0 Å². The largest absolute Gasteiger partial charge is 0.494 e. The lowest BCUT2D eigenvalue weighted by atomic mass is 10.0. The number of ether oxygens (including phenoxy) is 1. The van der Waals surface area contributed by atoms with Crippen molar-refractivity contribution in [2.45, 2.75) is 6.04 Å². The molecule has 0 aliphatic heterocycles. The minimum Gasteiger partial charge on any atom is -0.494 e. The van der Waals surface area contributed by atoms with E-state index in [0.29, 0.717) is 5.56 Å². The third kappa shape index (κ3) is 2.63. The van der Waals surface area contributed by atoms with Crippen molar-refractivity contribution in [3.8, 4) is 5.75 Å². The molecule has 2 aromatic rings. The van der Waals surface area contributed by atoms with E-state index >= 15 is 0 Å². The minimum absolute atomic E-state index is 0. The van der Waals surface area contributed by atoms with Crippen molar-refractivity contribution in [2.24, 2.45) is 12.8 Å². The van der Waals surface area contributed by atoms with Gasteiger partial charge in [-0.05, 0) is 23.8 Å². The van der Waals surface area contributed by atoms with Crippen LogP contribution in [0.15, 0.2) is 30.5 Å². The van der Waals surface area contributed by atoms with E-state index in [4.69, 9.17) is 10.5 Å². The fourth-order valence-corrected chi connectivity index (χ4v) is 1.74. The van der Waals surface area contributed by atoms with Crippen LogP contribution < -0.4 is 10.5 Å². The van der Waals surface area contributed by atoms with Crippen molar-refractivity contribution in [3.05, 3.63) is 47.5 Å². The van der Waals surface area contributed by atoms with E-state index in [-0.39, 0.29) is 18.2 Å². The average molecular weight is 272 g/mol. The van der Waals surface area contributed by atoms with Crippen molar-refractivity contribution in [1.29, 1.82) is 0 Å². The Bertz CT molecular complexity index is 530. The van der Waals surface area contributed by atoms with E-state index in [9.17, 15) is 4.39 Å². The second kappa shape index (κ2) is 5.84. The molecule has 2 rings (SSSR count). The van der Waals surface area contributed by atoms with Gasteiger partial charge in [-0.3, -0.25) is 4.68 Å². The van der Waals surface area contributed by atoms with Crippen LogP contribution >= 0.6 is 12.4 Å². The summed E-state index contributed by atoms with van der Waals surface area (Å²) in [5.41, 5.74) is 7.57. The van der Waals surface area contributed by atoms with Crippen LogP contribution in [-0.2, 0) is 7.05 Å². The third-order valence-electron chi connectivity index (χ3n) is 2.71. The second-order valence-electron chi connectivity index (χ2n) is 3.75. The summed E-state index contributed by atoms with van der Waals surface area (Å²) < 4.78 is 20.1. The standard InChI is InChI=1S/C12H14FN3O.ClH/c1-16-10(5-6-15-16)12(14)8-3-4-11(17-2)9(13)7-8;/h3-7,12H,14H2,1-2H3;1H/t12-;/m0./s1. The highest BCUT2D eigenvalue weighted by atomic mass is 35.5. The van der Waals surface area contributed by atoms with Crippen LogP contribution in [0.3, 0.4) is 0 Å². The lowest BCUT2D eigenvalue weighted by molar-refractivity contribution is 0.386. The maximum absolute atomic E-state index is 13.6. The van der Waals surface area contributed by atoms with E-state index in [0.717, 1.165) is 5.69 Å². The Balaban J connectivity index is 0.00000162. The Labute approximate surface area is 111 Å². The molecule has 0 unspecified atom stereocenters. The molecule has 0 aliphatic carbocycles. The molecule has 0 spiro atoms. The molecule has 0 amide bonds. The van der Waals surface area contributed by atoms with E-state index in [1.807, 2.05) is 6.07 Å². The number of rotatable bonds is 3. The van der Waals surface area contributed by atoms with Crippen LogP contribution in [0.25, 0.3) is 0 Å². The molecule has 1 aromatic heterocycles. The van der Waals surface area contributed by atoms with Gasteiger partial charge in [0, 0.05) is 13.2 Å². The monoisotopic (exact) mass is 271 g/mol. The predicted octanol–water partition coefficient (Wildman–Crippen LogP) is 2.04. The number of hydrogen-bond acceptors (Lipinski definition) is 3. The first-order valence-electron chi connectivity index (χ1n) is 5.20. The summed E-state index contributed by atoms with van der Waals surface area (Å²) in [5.74, 6) is -0.200. The van der Waals surface area contributed by atoms with Crippen LogP contribution in [0.4, 0.5) is 4.39 Å². The van der Waals surface area contributed by atoms with Crippen molar-refractivity contribution >= 4 is 12.4 Å². The molecule has 2 N–H and O–H groups in total. The summed E-state index contributed by atoms with van der Waals surface area (Å²) >= 11 is 0. The Morgan fingerprint density at radius 1 is 1.39 bits per heavy atom. The number of aromatic nitrogens is 2. The quantitative estimate of drug-likeness (QED) is 0.929. The fourth-order valence-electron chi connectivity index (χ4n) is 1.74. The highest BCUT2D eigenvalue weighted by molar-refractivity contribution is 5.85. The number of nitrogens with two attached hydrogens (primary N) is 1. The zero-order chi connectivity index (χ0) is 12.4. The fraction of sp³-hybridized carbons (Fsp3) is 0.250. The Morgan fingerprint density at radius 2 is 2.11 bits per heavy atom. The number of methoxy groups -OCH3 is 1. The molecule has 0 aliphatic rings. The maximum atomic E-state index is 13.6. The van der Waals surface area contributed by atoms with Crippen LogP contribution in [0.1, 0.15) is 17.3 Å². The number of benzene rings is 1. The molecule has 4 nitrogen and oxygen atoms in total. The van der Waals surface area contributed by atoms with Crippen molar-refractivity contribution in [2.75, 3.05) is 7.11 Å². The molecule has 0 bridgehead atoms.